The van der Waals surface area contributed by atoms with Crippen LogP contribution in [-0.4, -0.2) is 71.7 Å². The minimum Gasteiger partial charge on any atom is -0.479 e. The first kappa shape index (κ1) is 45.5. The lowest BCUT2D eigenvalue weighted by atomic mass is 9.91. The molecular weight excluding hydrogens is 919 g/mol. The predicted molar refractivity (Wildman–Crippen MR) is 240 cm³/mol. The minimum absolute atomic E-state index is 0.0299. The normalized spacial score (nSPS) is 12.0. The number of nitrogens with zero attached hydrogens (tertiary/aromatic N) is 15. The van der Waals surface area contributed by atoms with E-state index in [2.05, 4.69) is 66.8 Å². The van der Waals surface area contributed by atoms with Gasteiger partial charge in [0.15, 0.2) is 47.4 Å². The number of nitroso groups, excluding NO2 is 1. The lowest BCUT2D eigenvalue weighted by Crippen LogP contribution is -2.16. The quantitative estimate of drug-likeness (QED) is 0.0530. The van der Waals surface area contributed by atoms with Gasteiger partial charge in [0.2, 0.25) is 5.82 Å². The zero-order chi connectivity index (χ0) is 47.0. The van der Waals surface area contributed by atoms with E-state index in [-0.39, 0.29) is 60.8 Å². The highest BCUT2D eigenvalue weighted by molar-refractivity contribution is 8.01. The molecule has 0 spiro atoms. The van der Waals surface area contributed by atoms with Crippen molar-refractivity contribution in [2.24, 2.45) is 25.6 Å². The molecule has 5 aromatic heterocycles. The number of anilines is 2. The smallest absolute Gasteiger partial charge is 0.336 e. The van der Waals surface area contributed by atoms with Crippen LogP contribution in [0.15, 0.2) is 92.6 Å². The number of hydrogen-bond donors (Lipinski definition) is 5. The Kier molecular flexibility index (Phi) is 12.5. The number of hydrogen-bond acceptors (Lipinski definition) is 23. The van der Waals surface area contributed by atoms with Crippen LogP contribution in [0, 0.1) is 16.2 Å². The Morgan fingerprint density at radius 2 is 1.23 bits per heavy atom. The summed E-state index contributed by atoms with van der Waals surface area (Å²) in [5.74, 6) is -3.86. The molecule has 5 heterocycles. The monoisotopic (exact) mass is 951 g/mol. The SMILES string of the molecule is CC(C)(C)c1nn(-c2nc(O)nc(-n3nc(C(C)(C)C)c(N=Nc4sc(Sc5ccc(C(=O)O)c(C(=O)O)c5)nc4N=O)c3N)n2)c(N)c1N=Nc1sc(Sc2ccccc2)nc1C#N. The third kappa shape index (κ3) is 9.69. The van der Waals surface area contributed by atoms with Crippen molar-refractivity contribution in [2.45, 2.75) is 70.8 Å². The van der Waals surface area contributed by atoms with Gasteiger partial charge in [0.05, 0.1) is 22.5 Å². The molecule has 0 bridgehead atoms. The molecule has 7 aromatic rings. The summed E-state index contributed by atoms with van der Waals surface area (Å²) in [5.41, 5.74) is 12.0. The van der Waals surface area contributed by atoms with Gasteiger partial charge in [-0.25, -0.2) is 19.6 Å². The van der Waals surface area contributed by atoms with Crippen LogP contribution >= 0.6 is 46.2 Å². The minimum atomic E-state index is -1.44. The number of rotatable bonds is 13. The first-order chi connectivity index (χ1) is 30.7. The van der Waals surface area contributed by atoms with E-state index in [1.165, 1.54) is 35.2 Å². The van der Waals surface area contributed by atoms with E-state index in [4.69, 9.17) is 11.5 Å². The third-order valence-electron chi connectivity index (χ3n) is 8.63. The molecule has 23 nitrogen and oxygen atoms in total. The summed E-state index contributed by atoms with van der Waals surface area (Å²) in [5, 5.41) is 69.4. The molecule has 7 rings (SSSR count). The van der Waals surface area contributed by atoms with Gasteiger partial charge in [-0.2, -0.15) is 39.8 Å². The van der Waals surface area contributed by atoms with Crippen LogP contribution in [0.2, 0.25) is 0 Å². The molecule has 0 fully saturated rings. The number of thiazole rings is 2. The number of carbonyl (C=O) groups is 2. The van der Waals surface area contributed by atoms with E-state index < -0.39 is 39.9 Å². The van der Waals surface area contributed by atoms with Gasteiger partial charge in [-0.05, 0) is 35.5 Å². The Balaban J connectivity index is 1.23. The fraction of sp³-hybridized carbons (Fsp3) is 0.211. The molecule has 0 radical (unpaired) electrons. The standard InChI is InChI=1S/C38H33N17O6S4/c1-37(2,3)23-21(47-49-28-20(15-39)42-35(64-28)62-16-10-8-7-9-11-16)25(40)54(51-23)32-44-33(46-34(60)45-32)55-26(41)22(24(52-55)38(4,5)6)48-50-29-27(53-61)43-36(65-29)63-17-12-13-18(30(56)57)19(14-17)31(58)59/h7-14H,40-41H2,1-6H3,(H,56,57)(H,58,59)(H,44,45,46,60). The number of azo groups is 2. The maximum Gasteiger partial charge on any atom is 0.336 e. The molecule has 2 aromatic carbocycles. The Morgan fingerprint density at radius 1 is 0.708 bits per heavy atom. The van der Waals surface area contributed by atoms with Crippen LogP contribution < -0.4 is 11.5 Å². The lowest BCUT2D eigenvalue weighted by molar-refractivity contribution is 0.0651. The maximum absolute atomic E-state index is 11.8. The van der Waals surface area contributed by atoms with Crippen molar-refractivity contribution in [1.29, 1.82) is 5.26 Å². The number of nitrogen functional groups attached to an aromatic ring is 2. The van der Waals surface area contributed by atoms with E-state index >= 15 is 0 Å². The fourth-order valence-electron chi connectivity index (χ4n) is 5.65. The Labute approximate surface area is 383 Å². The molecule has 0 saturated carbocycles. The topological polar surface area (TPSA) is 350 Å². The van der Waals surface area contributed by atoms with Crippen molar-refractivity contribution in [1.82, 2.24) is 44.5 Å². The average Bonchev–Trinajstić information content (AvgIpc) is 4.01. The summed E-state index contributed by atoms with van der Waals surface area (Å²) in [4.78, 5) is 57.5. The van der Waals surface area contributed by atoms with Gasteiger partial charge in [-0.1, -0.05) is 106 Å². The summed E-state index contributed by atoms with van der Waals surface area (Å²) in [6.07, 6.45) is 0. The molecule has 0 aliphatic rings. The Bertz CT molecular complexity index is 3120. The van der Waals surface area contributed by atoms with Crippen molar-refractivity contribution >= 4 is 97.0 Å². The number of aromatic hydroxyl groups is 1. The van der Waals surface area contributed by atoms with Gasteiger partial charge in [-0.15, -0.1) is 25.4 Å². The van der Waals surface area contributed by atoms with E-state index in [0.717, 1.165) is 43.4 Å². The largest absolute Gasteiger partial charge is 0.479 e. The highest BCUT2D eigenvalue weighted by Gasteiger charge is 2.31. The summed E-state index contributed by atoms with van der Waals surface area (Å²) >= 11 is 4.42. The number of carboxylic acids is 2. The van der Waals surface area contributed by atoms with E-state index in [0.29, 0.717) is 20.6 Å². The number of nitriles is 1. The summed E-state index contributed by atoms with van der Waals surface area (Å²) < 4.78 is 3.07. The van der Waals surface area contributed by atoms with E-state index in [1.807, 2.05) is 71.9 Å². The number of carboxylic acid groups (broad SMARTS) is 2. The van der Waals surface area contributed by atoms with Crippen molar-refractivity contribution in [3.63, 3.8) is 0 Å². The molecule has 65 heavy (non-hydrogen) atoms. The van der Waals surface area contributed by atoms with Crippen LogP contribution in [0.4, 0.5) is 38.8 Å². The Morgan fingerprint density at radius 3 is 1.75 bits per heavy atom. The van der Waals surface area contributed by atoms with Crippen molar-refractivity contribution in [3.05, 3.63) is 81.6 Å². The molecule has 0 saturated heterocycles. The molecule has 7 N–H and O–H groups in total. The molecule has 0 aliphatic carbocycles. The van der Waals surface area contributed by atoms with Crippen molar-refractivity contribution in [3.8, 4) is 24.0 Å². The first-order valence-corrected chi connectivity index (χ1v) is 21.9. The second-order valence-electron chi connectivity index (χ2n) is 15.4. The number of nitrogens with two attached hydrogens (primary N) is 2. The van der Waals surface area contributed by atoms with E-state index in [1.54, 1.807) is 0 Å². The summed E-state index contributed by atoms with van der Waals surface area (Å²) in [6, 6.07) is 14.6. The molecule has 0 amide bonds. The summed E-state index contributed by atoms with van der Waals surface area (Å²) in [7, 11) is 0. The van der Waals surface area contributed by atoms with Crippen LogP contribution in [0.1, 0.15) is 79.3 Å². The molecule has 0 unspecified atom stereocenters. The van der Waals surface area contributed by atoms with Gasteiger partial charge in [0.1, 0.15) is 6.07 Å². The van der Waals surface area contributed by atoms with Crippen LogP contribution in [0.3, 0.4) is 0 Å². The van der Waals surface area contributed by atoms with Crippen molar-refractivity contribution in [2.75, 3.05) is 11.5 Å². The second kappa shape index (κ2) is 17.9. The highest BCUT2D eigenvalue weighted by atomic mass is 32.2. The first-order valence-electron chi connectivity index (χ1n) is 18.6. The predicted octanol–water partition coefficient (Wildman–Crippen LogP) is 9.42. The Hall–Kier alpha value is -7.54. The van der Waals surface area contributed by atoms with Crippen molar-refractivity contribution < 1.29 is 24.9 Å². The number of aromatic nitrogens is 9. The average molecular weight is 952 g/mol. The number of aromatic carboxylic acids is 2. The second-order valence-corrected chi connectivity index (χ2v) is 20.0. The van der Waals surface area contributed by atoms with Gasteiger partial charge in [-0.3, -0.25) is 0 Å². The van der Waals surface area contributed by atoms with E-state index in [9.17, 15) is 35.1 Å². The van der Waals surface area contributed by atoms with Gasteiger partial charge < -0.3 is 26.8 Å². The molecule has 0 atom stereocenters. The maximum atomic E-state index is 11.8. The van der Waals surface area contributed by atoms with Gasteiger partial charge >= 0.3 is 17.9 Å². The number of benzene rings is 2. The zero-order valence-corrected chi connectivity index (χ0v) is 37.9. The van der Waals surface area contributed by atoms with Gasteiger partial charge in [0, 0.05) is 20.6 Å². The molecule has 330 valence electrons. The summed E-state index contributed by atoms with van der Waals surface area (Å²) in [6.45, 7) is 11.1. The molecule has 27 heteroatoms. The fourth-order valence-corrected chi connectivity index (χ4v) is 9.44. The third-order valence-corrected chi connectivity index (χ3v) is 12.6. The molecular formula is C38H33N17O6S4. The van der Waals surface area contributed by atoms with Gasteiger partial charge in [0.25, 0.3) is 11.9 Å². The highest BCUT2D eigenvalue weighted by Crippen LogP contribution is 2.45. The zero-order valence-electron chi connectivity index (χ0n) is 34.7. The molecule has 0 aliphatic heterocycles. The lowest BCUT2D eigenvalue weighted by Gasteiger charge is -2.15. The van der Waals surface area contributed by atoms with Crippen LogP contribution in [0.25, 0.3) is 11.9 Å². The van der Waals surface area contributed by atoms with Crippen LogP contribution in [-0.2, 0) is 10.8 Å². The van der Waals surface area contributed by atoms with Crippen LogP contribution in [0.5, 0.6) is 6.01 Å².